The van der Waals surface area contributed by atoms with Gasteiger partial charge in [0.2, 0.25) is 0 Å². The molecule has 0 radical (unpaired) electrons. The maximum Gasteiger partial charge on any atom is 0.0639 e. The monoisotopic (exact) mass is 260 g/mol. The summed E-state index contributed by atoms with van der Waals surface area (Å²) in [5.74, 6) is 7.88. The summed E-state index contributed by atoms with van der Waals surface area (Å²) in [5, 5.41) is 0. The van der Waals surface area contributed by atoms with E-state index in [1.807, 2.05) is 0 Å². The highest BCUT2D eigenvalue weighted by Gasteiger charge is 2.56. The molecule has 104 valence electrons. The van der Waals surface area contributed by atoms with E-state index in [0.29, 0.717) is 18.4 Å². The van der Waals surface area contributed by atoms with Crippen LogP contribution >= 0.6 is 0 Å². The van der Waals surface area contributed by atoms with Gasteiger partial charge in [-0.25, -0.2) is 0 Å². The van der Waals surface area contributed by atoms with E-state index in [1.165, 1.54) is 18.4 Å². The Kier molecular flexibility index (Phi) is 3.61. The van der Waals surface area contributed by atoms with E-state index in [-0.39, 0.29) is 12.1 Å². The van der Waals surface area contributed by atoms with Crippen LogP contribution in [0.3, 0.4) is 0 Å². The van der Waals surface area contributed by atoms with Crippen LogP contribution in [-0.2, 0) is 11.2 Å². The molecule has 0 heterocycles. The third-order valence-corrected chi connectivity index (χ3v) is 4.68. The maximum atomic E-state index is 5.75. The van der Waals surface area contributed by atoms with Crippen molar-refractivity contribution in [1.29, 1.82) is 0 Å². The lowest BCUT2D eigenvalue weighted by Crippen LogP contribution is -2.41. The third-order valence-electron chi connectivity index (χ3n) is 4.68. The van der Waals surface area contributed by atoms with Crippen LogP contribution in [-0.4, -0.2) is 18.8 Å². The number of aryl methyl sites for hydroxylation is 1. The Bertz CT molecular complexity index is 446. The lowest BCUT2D eigenvalue weighted by molar-refractivity contribution is 0.0554. The lowest BCUT2D eigenvalue weighted by Gasteiger charge is -2.18. The molecule has 3 nitrogen and oxygen atoms in total. The van der Waals surface area contributed by atoms with E-state index in [2.05, 4.69) is 43.5 Å². The van der Waals surface area contributed by atoms with Crippen LogP contribution in [0.4, 0.5) is 0 Å². The first-order chi connectivity index (χ1) is 9.22. The Morgan fingerprint density at radius 2 is 2.16 bits per heavy atom. The summed E-state index contributed by atoms with van der Waals surface area (Å²) >= 11 is 0. The summed E-state index contributed by atoms with van der Waals surface area (Å²) in [5.41, 5.74) is 6.07. The molecular formula is C16H24N2O. The van der Waals surface area contributed by atoms with E-state index < -0.39 is 0 Å². The van der Waals surface area contributed by atoms with Gasteiger partial charge < -0.3 is 4.74 Å². The molecule has 0 amide bonds. The number of hydrazine groups is 1. The zero-order valence-electron chi connectivity index (χ0n) is 11.8. The van der Waals surface area contributed by atoms with Crippen molar-refractivity contribution in [1.82, 2.24) is 5.43 Å². The van der Waals surface area contributed by atoms with E-state index in [9.17, 15) is 0 Å². The van der Waals surface area contributed by atoms with Gasteiger partial charge in [0, 0.05) is 6.04 Å². The highest BCUT2D eigenvalue weighted by Crippen LogP contribution is 2.61. The summed E-state index contributed by atoms with van der Waals surface area (Å²) in [6.45, 7) is 4.86. The topological polar surface area (TPSA) is 47.3 Å². The first-order valence-electron chi connectivity index (χ1n) is 7.38. The minimum Gasteiger partial charge on any atom is -0.377 e. The van der Waals surface area contributed by atoms with Crippen molar-refractivity contribution in [2.75, 3.05) is 6.61 Å². The van der Waals surface area contributed by atoms with Crippen LogP contribution in [0.1, 0.15) is 37.3 Å². The Balaban J connectivity index is 1.72. The number of fused-ring (bicyclic) bond motifs is 3. The molecule has 3 N–H and O–H groups in total. The first-order valence-corrected chi connectivity index (χ1v) is 7.38. The normalized spacial score (nSPS) is 29.8. The molecule has 1 aromatic carbocycles. The SMILES string of the molecule is CC(C)OCC(NN)C1C2CCc3ccccc3C21. The van der Waals surface area contributed by atoms with Crippen molar-refractivity contribution < 1.29 is 4.74 Å². The zero-order valence-corrected chi connectivity index (χ0v) is 11.8. The van der Waals surface area contributed by atoms with Crippen molar-refractivity contribution >= 4 is 0 Å². The molecule has 0 aromatic heterocycles. The van der Waals surface area contributed by atoms with Gasteiger partial charge in [-0.05, 0) is 55.6 Å². The van der Waals surface area contributed by atoms with Crippen LogP contribution in [0.5, 0.6) is 0 Å². The van der Waals surface area contributed by atoms with Gasteiger partial charge in [-0.1, -0.05) is 24.3 Å². The predicted octanol–water partition coefficient (Wildman–Crippen LogP) is 2.22. The summed E-state index contributed by atoms with van der Waals surface area (Å²) in [4.78, 5) is 0. The van der Waals surface area contributed by atoms with E-state index >= 15 is 0 Å². The molecular weight excluding hydrogens is 236 g/mol. The van der Waals surface area contributed by atoms with Crippen LogP contribution < -0.4 is 11.3 Å². The van der Waals surface area contributed by atoms with Crippen LogP contribution in [0, 0.1) is 11.8 Å². The molecule has 0 saturated heterocycles. The van der Waals surface area contributed by atoms with Gasteiger partial charge in [-0.15, -0.1) is 0 Å². The lowest BCUT2D eigenvalue weighted by atomic mass is 9.92. The molecule has 4 unspecified atom stereocenters. The number of rotatable bonds is 5. The Morgan fingerprint density at radius 3 is 2.89 bits per heavy atom. The number of benzene rings is 1. The van der Waals surface area contributed by atoms with Gasteiger partial charge in [0.15, 0.2) is 0 Å². The molecule has 19 heavy (non-hydrogen) atoms. The number of hydrogen-bond donors (Lipinski definition) is 2. The Morgan fingerprint density at radius 1 is 1.37 bits per heavy atom. The second-order valence-corrected chi connectivity index (χ2v) is 6.16. The zero-order chi connectivity index (χ0) is 13.4. The molecule has 1 saturated carbocycles. The van der Waals surface area contributed by atoms with E-state index in [4.69, 9.17) is 10.6 Å². The third kappa shape index (κ3) is 2.42. The van der Waals surface area contributed by atoms with Crippen LogP contribution in [0.15, 0.2) is 24.3 Å². The Hall–Kier alpha value is -0.900. The molecule has 0 aliphatic heterocycles. The minimum atomic E-state index is 0.268. The van der Waals surface area contributed by atoms with E-state index in [0.717, 1.165) is 5.92 Å². The number of nitrogens with one attached hydrogen (secondary N) is 1. The largest absolute Gasteiger partial charge is 0.377 e. The van der Waals surface area contributed by atoms with Crippen molar-refractivity contribution in [2.24, 2.45) is 17.7 Å². The second-order valence-electron chi connectivity index (χ2n) is 6.16. The predicted molar refractivity (Wildman–Crippen MR) is 76.7 cm³/mol. The van der Waals surface area contributed by atoms with Crippen molar-refractivity contribution in [3.05, 3.63) is 35.4 Å². The van der Waals surface area contributed by atoms with Crippen molar-refractivity contribution in [3.63, 3.8) is 0 Å². The van der Waals surface area contributed by atoms with Crippen LogP contribution in [0.2, 0.25) is 0 Å². The molecule has 0 bridgehead atoms. The van der Waals surface area contributed by atoms with Gasteiger partial charge in [-0.2, -0.15) is 0 Å². The smallest absolute Gasteiger partial charge is 0.0639 e. The summed E-state index contributed by atoms with van der Waals surface area (Å²) < 4.78 is 5.75. The first kappa shape index (κ1) is 13.1. The van der Waals surface area contributed by atoms with Gasteiger partial charge in [0.25, 0.3) is 0 Å². The van der Waals surface area contributed by atoms with Gasteiger partial charge in [-0.3, -0.25) is 11.3 Å². The average Bonchev–Trinajstić information content (AvgIpc) is 3.14. The van der Waals surface area contributed by atoms with Gasteiger partial charge in [0.1, 0.15) is 0 Å². The quantitative estimate of drug-likeness (QED) is 0.630. The van der Waals surface area contributed by atoms with Crippen molar-refractivity contribution in [3.8, 4) is 0 Å². The molecule has 1 fully saturated rings. The fraction of sp³-hybridized carbons (Fsp3) is 0.625. The highest BCUT2D eigenvalue weighted by atomic mass is 16.5. The standard InChI is InChI=1S/C16H24N2O/c1-10(2)19-9-14(18-17)16-13-8-7-11-5-3-4-6-12(11)15(13)16/h3-6,10,13-16,18H,7-9,17H2,1-2H3. The van der Waals surface area contributed by atoms with Gasteiger partial charge in [0.05, 0.1) is 12.7 Å². The Labute approximate surface area is 115 Å². The molecule has 4 atom stereocenters. The molecule has 2 aliphatic rings. The minimum absolute atomic E-state index is 0.268. The average molecular weight is 260 g/mol. The highest BCUT2D eigenvalue weighted by molar-refractivity contribution is 5.40. The van der Waals surface area contributed by atoms with Crippen LogP contribution in [0.25, 0.3) is 0 Å². The number of nitrogens with two attached hydrogens (primary N) is 1. The molecule has 3 rings (SSSR count). The summed E-state index contributed by atoms with van der Waals surface area (Å²) in [6.07, 6.45) is 2.78. The number of ether oxygens (including phenoxy) is 1. The fourth-order valence-electron chi connectivity index (χ4n) is 3.73. The summed E-state index contributed by atoms with van der Waals surface area (Å²) in [6, 6.07) is 9.16. The molecule has 2 aliphatic carbocycles. The van der Waals surface area contributed by atoms with Crippen molar-refractivity contribution in [2.45, 2.75) is 44.8 Å². The molecule has 3 heteroatoms. The van der Waals surface area contributed by atoms with E-state index in [1.54, 1.807) is 5.56 Å². The maximum absolute atomic E-state index is 5.75. The second kappa shape index (κ2) is 5.23. The fourth-order valence-corrected chi connectivity index (χ4v) is 3.73. The summed E-state index contributed by atoms with van der Waals surface area (Å²) in [7, 11) is 0. The van der Waals surface area contributed by atoms with Gasteiger partial charge >= 0.3 is 0 Å². The molecule has 1 aromatic rings. The number of hydrogen-bond acceptors (Lipinski definition) is 3. The molecule has 0 spiro atoms.